The van der Waals surface area contributed by atoms with Gasteiger partial charge in [-0.15, -0.1) is 10.2 Å². The summed E-state index contributed by atoms with van der Waals surface area (Å²) in [5, 5.41) is 34.4. The number of amides is 2. The number of aliphatic hydroxyl groups is 1. The second kappa shape index (κ2) is 11.2. The third-order valence-corrected chi connectivity index (χ3v) is 5.71. The molecule has 0 saturated heterocycles. The molecule has 0 radical (unpaired) electrons. The van der Waals surface area contributed by atoms with E-state index in [0.717, 1.165) is 11.8 Å². The molecule has 3 N–H and O–H groups in total. The molecule has 34 heavy (non-hydrogen) atoms. The maximum absolute atomic E-state index is 12.5. The highest BCUT2D eigenvalue weighted by atomic mass is 32.2. The SMILES string of the molecule is COc1ccc(C(=O)N[C@H](CO)c2nnc(SCC(=O)Nc3cccc([N+](=O)[O-])c3)n2C)cc1. The molecule has 0 spiro atoms. The van der Waals surface area contributed by atoms with Crippen molar-refractivity contribution in [2.75, 3.05) is 24.8 Å². The van der Waals surface area contributed by atoms with Crippen LogP contribution in [0.25, 0.3) is 0 Å². The number of hydrogen-bond donors (Lipinski definition) is 3. The minimum atomic E-state index is -0.819. The summed E-state index contributed by atoms with van der Waals surface area (Å²) < 4.78 is 6.65. The zero-order valence-corrected chi connectivity index (χ0v) is 19.1. The average Bonchev–Trinajstić information content (AvgIpc) is 3.21. The Morgan fingerprint density at radius 1 is 1.24 bits per heavy atom. The maximum atomic E-state index is 12.5. The number of benzene rings is 2. The second-order valence-electron chi connectivity index (χ2n) is 6.98. The molecule has 3 aromatic rings. The number of aliphatic hydroxyl groups excluding tert-OH is 1. The highest BCUT2D eigenvalue weighted by molar-refractivity contribution is 7.99. The molecule has 0 saturated carbocycles. The van der Waals surface area contributed by atoms with E-state index in [0.29, 0.717) is 28.0 Å². The number of nitro benzene ring substituents is 1. The number of nitrogens with one attached hydrogen (secondary N) is 2. The summed E-state index contributed by atoms with van der Waals surface area (Å²) in [6.07, 6.45) is 0. The first-order valence-corrected chi connectivity index (χ1v) is 10.9. The average molecular weight is 487 g/mol. The van der Waals surface area contributed by atoms with Crippen LogP contribution in [0.3, 0.4) is 0 Å². The summed E-state index contributed by atoms with van der Waals surface area (Å²) in [5.74, 6) is 0.0962. The standard InChI is InChI=1S/C21H22N6O6S/c1-26-19(17(11-28)23-20(30)13-6-8-16(33-2)9-7-13)24-25-21(26)34-12-18(29)22-14-4-3-5-15(10-14)27(31)32/h3-10,17,28H,11-12H2,1-2H3,(H,22,29)(H,23,30)/t17-/m1/s1. The lowest BCUT2D eigenvalue weighted by Gasteiger charge is -2.16. The molecule has 1 atom stereocenters. The van der Waals surface area contributed by atoms with Gasteiger partial charge in [0.25, 0.3) is 11.6 Å². The number of nitro groups is 1. The predicted octanol–water partition coefficient (Wildman–Crippen LogP) is 1.93. The fourth-order valence-corrected chi connectivity index (χ4v) is 3.67. The summed E-state index contributed by atoms with van der Waals surface area (Å²) in [6.45, 7) is -0.411. The number of rotatable bonds is 10. The topological polar surface area (TPSA) is 162 Å². The maximum Gasteiger partial charge on any atom is 0.271 e. The van der Waals surface area contributed by atoms with Gasteiger partial charge in [-0.1, -0.05) is 17.8 Å². The molecule has 178 valence electrons. The molecule has 2 aromatic carbocycles. The zero-order valence-electron chi connectivity index (χ0n) is 18.3. The molecule has 0 bridgehead atoms. The number of carbonyl (C=O) groups is 2. The Labute approximate surface area is 198 Å². The molecule has 2 amide bonds. The number of anilines is 1. The smallest absolute Gasteiger partial charge is 0.271 e. The molecule has 12 nitrogen and oxygen atoms in total. The quantitative estimate of drug-likeness (QED) is 0.221. The summed E-state index contributed by atoms with van der Waals surface area (Å²) in [7, 11) is 3.18. The lowest BCUT2D eigenvalue weighted by molar-refractivity contribution is -0.384. The van der Waals surface area contributed by atoms with Crippen molar-refractivity contribution in [3.05, 3.63) is 70.0 Å². The van der Waals surface area contributed by atoms with Crippen LogP contribution in [0, 0.1) is 10.1 Å². The highest BCUT2D eigenvalue weighted by Gasteiger charge is 2.22. The van der Waals surface area contributed by atoms with Gasteiger partial charge in [-0.2, -0.15) is 0 Å². The lowest BCUT2D eigenvalue weighted by Crippen LogP contribution is -2.32. The van der Waals surface area contributed by atoms with Gasteiger partial charge in [0.1, 0.15) is 11.8 Å². The van der Waals surface area contributed by atoms with Crippen molar-refractivity contribution >= 4 is 35.0 Å². The molecule has 3 rings (SSSR count). The number of nitrogens with zero attached hydrogens (tertiary/aromatic N) is 4. The van der Waals surface area contributed by atoms with Crippen LogP contribution in [0.2, 0.25) is 0 Å². The van der Waals surface area contributed by atoms with Crippen LogP contribution in [0.1, 0.15) is 22.2 Å². The zero-order chi connectivity index (χ0) is 24.7. The van der Waals surface area contributed by atoms with E-state index in [1.807, 2.05) is 0 Å². The van der Waals surface area contributed by atoms with E-state index in [4.69, 9.17) is 4.74 Å². The van der Waals surface area contributed by atoms with Gasteiger partial charge in [-0.05, 0) is 30.3 Å². The van der Waals surface area contributed by atoms with E-state index in [2.05, 4.69) is 20.8 Å². The molecule has 0 fully saturated rings. The number of methoxy groups -OCH3 is 1. The molecule has 0 aliphatic heterocycles. The molecule has 1 aromatic heterocycles. The van der Waals surface area contributed by atoms with Gasteiger partial charge in [0.05, 0.1) is 24.4 Å². The van der Waals surface area contributed by atoms with Crippen molar-refractivity contribution in [1.29, 1.82) is 0 Å². The Kier molecular flexibility index (Phi) is 8.16. The predicted molar refractivity (Wildman–Crippen MR) is 124 cm³/mol. The van der Waals surface area contributed by atoms with Crippen molar-refractivity contribution in [2.24, 2.45) is 7.05 Å². The van der Waals surface area contributed by atoms with Crippen LogP contribution in [0.5, 0.6) is 5.75 Å². The molecule has 1 heterocycles. The van der Waals surface area contributed by atoms with E-state index in [-0.39, 0.29) is 17.3 Å². The highest BCUT2D eigenvalue weighted by Crippen LogP contribution is 2.21. The number of hydrogen-bond acceptors (Lipinski definition) is 9. The first kappa shape index (κ1) is 24.7. The first-order chi connectivity index (χ1) is 16.3. The van der Waals surface area contributed by atoms with Crippen molar-refractivity contribution in [1.82, 2.24) is 20.1 Å². The van der Waals surface area contributed by atoms with Crippen molar-refractivity contribution in [3.8, 4) is 5.75 Å². The van der Waals surface area contributed by atoms with Crippen LogP contribution in [0.4, 0.5) is 11.4 Å². The summed E-state index contributed by atoms with van der Waals surface area (Å²) >= 11 is 1.09. The first-order valence-electron chi connectivity index (χ1n) is 9.94. The number of ether oxygens (including phenoxy) is 1. The van der Waals surface area contributed by atoms with Crippen LogP contribution >= 0.6 is 11.8 Å². The van der Waals surface area contributed by atoms with Gasteiger partial charge in [0, 0.05) is 30.4 Å². The molecular formula is C21H22N6O6S. The lowest BCUT2D eigenvalue weighted by atomic mass is 10.2. The van der Waals surface area contributed by atoms with Gasteiger partial charge in [-0.3, -0.25) is 19.7 Å². The minimum absolute atomic E-state index is 0.0311. The van der Waals surface area contributed by atoms with Gasteiger partial charge in [-0.25, -0.2) is 0 Å². The van der Waals surface area contributed by atoms with Crippen molar-refractivity contribution in [2.45, 2.75) is 11.2 Å². The van der Waals surface area contributed by atoms with E-state index < -0.39 is 23.5 Å². The molecule has 13 heteroatoms. The summed E-state index contributed by atoms with van der Waals surface area (Å²) in [6, 6.07) is 11.3. The third kappa shape index (κ3) is 6.08. The summed E-state index contributed by atoms with van der Waals surface area (Å²) in [4.78, 5) is 35.1. The van der Waals surface area contributed by atoms with Gasteiger partial charge < -0.3 is 25.0 Å². The van der Waals surface area contributed by atoms with Gasteiger partial charge in [0.2, 0.25) is 5.91 Å². The Balaban J connectivity index is 1.61. The van der Waals surface area contributed by atoms with Gasteiger partial charge >= 0.3 is 0 Å². The van der Waals surface area contributed by atoms with E-state index in [1.54, 1.807) is 41.9 Å². The number of non-ortho nitro benzene ring substituents is 1. The van der Waals surface area contributed by atoms with E-state index in [9.17, 15) is 24.8 Å². The Hall–Kier alpha value is -3.97. The Morgan fingerprint density at radius 2 is 1.97 bits per heavy atom. The normalized spacial score (nSPS) is 11.5. The van der Waals surface area contributed by atoms with E-state index in [1.165, 1.54) is 25.3 Å². The van der Waals surface area contributed by atoms with Gasteiger partial charge in [0.15, 0.2) is 11.0 Å². The minimum Gasteiger partial charge on any atom is -0.497 e. The fraction of sp³-hybridized carbons (Fsp3) is 0.238. The second-order valence-corrected chi connectivity index (χ2v) is 7.92. The van der Waals surface area contributed by atoms with Crippen LogP contribution < -0.4 is 15.4 Å². The third-order valence-electron chi connectivity index (χ3n) is 4.69. The largest absolute Gasteiger partial charge is 0.497 e. The molecule has 0 aliphatic carbocycles. The fourth-order valence-electron chi connectivity index (χ4n) is 2.96. The van der Waals surface area contributed by atoms with Crippen LogP contribution in [-0.4, -0.2) is 56.1 Å². The monoisotopic (exact) mass is 486 g/mol. The summed E-state index contributed by atoms with van der Waals surface area (Å²) in [5.41, 5.74) is 0.559. The molecule has 0 unspecified atom stereocenters. The van der Waals surface area contributed by atoms with Crippen molar-refractivity contribution in [3.63, 3.8) is 0 Å². The number of aromatic nitrogens is 3. The number of carbonyl (C=O) groups excluding carboxylic acids is 2. The number of thioether (sulfide) groups is 1. The Morgan fingerprint density at radius 3 is 2.62 bits per heavy atom. The van der Waals surface area contributed by atoms with Crippen LogP contribution in [-0.2, 0) is 11.8 Å². The van der Waals surface area contributed by atoms with Crippen molar-refractivity contribution < 1.29 is 24.4 Å². The van der Waals surface area contributed by atoms with Crippen LogP contribution in [0.15, 0.2) is 53.7 Å². The Bertz CT molecular complexity index is 1180. The molecular weight excluding hydrogens is 464 g/mol. The van der Waals surface area contributed by atoms with E-state index >= 15 is 0 Å². The molecule has 0 aliphatic rings.